The zero-order valence-electron chi connectivity index (χ0n) is 9.75. The SMILES string of the molecule is CCNC(=S)NCc1ccccc1OCC. The summed E-state index contributed by atoms with van der Waals surface area (Å²) in [7, 11) is 0. The van der Waals surface area contributed by atoms with Gasteiger partial charge in [0.2, 0.25) is 0 Å². The number of hydrogen-bond donors (Lipinski definition) is 2. The molecule has 0 fully saturated rings. The maximum atomic E-state index is 5.53. The molecule has 0 amide bonds. The lowest BCUT2D eigenvalue weighted by molar-refractivity contribution is 0.336. The molecular weight excluding hydrogens is 220 g/mol. The van der Waals surface area contributed by atoms with Crippen LogP contribution in [0.15, 0.2) is 24.3 Å². The van der Waals surface area contributed by atoms with Crippen LogP contribution in [0, 0.1) is 0 Å². The van der Waals surface area contributed by atoms with Gasteiger partial charge in [0.05, 0.1) is 6.61 Å². The highest BCUT2D eigenvalue weighted by Gasteiger charge is 2.02. The number of rotatable bonds is 5. The van der Waals surface area contributed by atoms with E-state index < -0.39 is 0 Å². The van der Waals surface area contributed by atoms with Gasteiger partial charge in [-0.15, -0.1) is 0 Å². The van der Waals surface area contributed by atoms with Crippen LogP contribution in [0.1, 0.15) is 19.4 Å². The van der Waals surface area contributed by atoms with E-state index >= 15 is 0 Å². The van der Waals surface area contributed by atoms with E-state index in [0.29, 0.717) is 18.3 Å². The maximum Gasteiger partial charge on any atom is 0.166 e. The zero-order valence-corrected chi connectivity index (χ0v) is 10.6. The van der Waals surface area contributed by atoms with Gasteiger partial charge in [0, 0.05) is 18.7 Å². The third kappa shape index (κ3) is 4.06. The van der Waals surface area contributed by atoms with Gasteiger partial charge in [-0.1, -0.05) is 18.2 Å². The van der Waals surface area contributed by atoms with Gasteiger partial charge >= 0.3 is 0 Å². The summed E-state index contributed by atoms with van der Waals surface area (Å²) in [5.41, 5.74) is 1.12. The van der Waals surface area contributed by atoms with Crippen molar-refractivity contribution in [3.8, 4) is 5.75 Å². The molecule has 88 valence electrons. The van der Waals surface area contributed by atoms with Gasteiger partial charge in [-0.3, -0.25) is 0 Å². The molecular formula is C12H18N2OS. The summed E-state index contributed by atoms with van der Waals surface area (Å²) in [6.07, 6.45) is 0. The molecule has 0 bridgehead atoms. The van der Waals surface area contributed by atoms with E-state index in [4.69, 9.17) is 17.0 Å². The molecule has 0 heterocycles. The molecule has 1 rings (SSSR count). The second-order valence-corrected chi connectivity index (χ2v) is 3.66. The summed E-state index contributed by atoms with van der Waals surface area (Å²) in [6, 6.07) is 7.97. The standard InChI is InChI=1S/C12H18N2OS/c1-3-13-12(16)14-9-10-7-5-6-8-11(10)15-4-2/h5-8H,3-4,9H2,1-2H3,(H2,13,14,16). The Morgan fingerprint density at radius 2 is 2.00 bits per heavy atom. The number of ether oxygens (including phenoxy) is 1. The number of hydrogen-bond acceptors (Lipinski definition) is 2. The Hall–Kier alpha value is -1.29. The lowest BCUT2D eigenvalue weighted by atomic mass is 10.2. The monoisotopic (exact) mass is 238 g/mol. The van der Waals surface area contributed by atoms with Crippen LogP contribution in [-0.4, -0.2) is 18.3 Å². The molecule has 0 saturated heterocycles. The van der Waals surface area contributed by atoms with E-state index in [0.717, 1.165) is 17.9 Å². The first-order valence-corrected chi connectivity index (χ1v) is 5.91. The van der Waals surface area contributed by atoms with E-state index in [1.165, 1.54) is 0 Å². The number of para-hydroxylation sites is 1. The lowest BCUT2D eigenvalue weighted by Crippen LogP contribution is -2.34. The van der Waals surface area contributed by atoms with Crippen molar-refractivity contribution in [3.63, 3.8) is 0 Å². The minimum absolute atomic E-state index is 0.675. The number of nitrogens with one attached hydrogen (secondary N) is 2. The largest absolute Gasteiger partial charge is 0.494 e. The molecule has 1 aromatic carbocycles. The van der Waals surface area contributed by atoms with Crippen molar-refractivity contribution < 1.29 is 4.74 Å². The topological polar surface area (TPSA) is 33.3 Å². The van der Waals surface area contributed by atoms with Crippen molar-refractivity contribution in [2.24, 2.45) is 0 Å². The van der Waals surface area contributed by atoms with Crippen LogP contribution in [0.3, 0.4) is 0 Å². The molecule has 0 radical (unpaired) electrons. The molecule has 0 aromatic heterocycles. The molecule has 3 nitrogen and oxygen atoms in total. The van der Waals surface area contributed by atoms with E-state index in [1.54, 1.807) is 0 Å². The van der Waals surface area contributed by atoms with Crippen LogP contribution >= 0.6 is 12.2 Å². The van der Waals surface area contributed by atoms with Crippen molar-refractivity contribution in [3.05, 3.63) is 29.8 Å². The minimum Gasteiger partial charge on any atom is -0.494 e. The summed E-state index contributed by atoms with van der Waals surface area (Å²) in [5.74, 6) is 0.914. The van der Waals surface area contributed by atoms with Crippen molar-refractivity contribution in [1.29, 1.82) is 0 Å². The Bertz CT molecular complexity index is 342. The Labute approximate surface area is 102 Å². The first kappa shape index (κ1) is 12.8. The molecule has 0 unspecified atom stereocenters. The van der Waals surface area contributed by atoms with E-state index in [-0.39, 0.29) is 0 Å². The summed E-state index contributed by atoms with van der Waals surface area (Å²) >= 11 is 5.10. The normalized spacial score (nSPS) is 9.62. The Morgan fingerprint density at radius 3 is 2.69 bits per heavy atom. The highest BCUT2D eigenvalue weighted by molar-refractivity contribution is 7.80. The smallest absolute Gasteiger partial charge is 0.166 e. The molecule has 0 saturated carbocycles. The fourth-order valence-corrected chi connectivity index (χ4v) is 1.56. The van der Waals surface area contributed by atoms with Gasteiger partial charge in [-0.2, -0.15) is 0 Å². The van der Waals surface area contributed by atoms with Crippen LogP contribution in [-0.2, 0) is 6.54 Å². The van der Waals surface area contributed by atoms with E-state index in [9.17, 15) is 0 Å². The molecule has 0 atom stereocenters. The van der Waals surface area contributed by atoms with Gasteiger partial charge in [0.25, 0.3) is 0 Å². The summed E-state index contributed by atoms with van der Waals surface area (Å²) in [4.78, 5) is 0. The second-order valence-electron chi connectivity index (χ2n) is 3.25. The van der Waals surface area contributed by atoms with E-state index in [2.05, 4.69) is 10.6 Å². The van der Waals surface area contributed by atoms with Crippen LogP contribution < -0.4 is 15.4 Å². The zero-order chi connectivity index (χ0) is 11.8. The van der Waals surface area contributed by atoms with Crippen molar-refractivity contribution in [1.82, 2.24) is 10.6 Å². The second kappa shape index (κ2) is 7.06. The summed E-state index contributed by atoms with van der Waals surface area (Å²) < 4.78 is 5.53. The molecule has 4 heteroatoms. The third-order valence-electron chi connectivity index (χ3n) is 2.05. The summed E-state index contributed by atoms with van der Waals surface area (Å²) in [5, 5.41) is 6.86. The minimum atomic E-state index is 0.675. The quantitative estimate of drug-likeness (QED) is 0.769. The fraction of sp³-hybridized carbons (Fsp3) is 0.417. The van der Waals surface area contributed by atoms with Crippen molar-refractivity contribution >= 4 is 17.3 Å². The summed E-state index contributed by atoms with van der Waals surface area (Å²) in [6.45, 7) is 6.19. The molecule has 0 spiro atoms. The van der Waals surface area contributed by atoms with E-state index in [1.807, 2.05) is 38.1 Å². The molecule has 0 aliphatic carbocycles. The average Bonchev–Trinajstić information content (AvgIpc) is 2.29. The molecule has 16 heavy (non-hydrogen) atoms. The third-order valence-corrected chi connectivity index (χ3v) is 2.34. The van der Waals surface area contributed by atoms with Gasteiger partial charge < -0.3 is 15.4 Å². The van der Waals surface area contributed by atoms with Gasteiger partial charge in [-0.25, -0.2) is 0 Å². The van der Waals surface area contributed by atoms with Gasteiger partial charge in [0.1, 0.15) is 5.75 Å². The lowest BCUT2D eigenvalue weighted by Gasteiger charge is -2.12. The average molecular weight is 238 g/mol. The number of benzene rings is 1. The highest BCUT2D eigenvalue weighted by Crippen LogP contribution is 2.17. The van der Waals surface area contributed by atoms with Gasteiger partial charge in [0.15, 0.2) is 5.11 Å². The first-order chi connectivity index (χ1) is 7.77. The maximum absolute atomic E-state index is 5.53. The predicted molar refractivity (Wildman–Crippen MR) is 70.7 cm³/mol. The van der Waals surface area contributed by atoms with Crippen LogP contribution in [0.25, 0.3) is 0 Å². The van der Waals surface area contributed by atoms with Crippen LogP contribution in [0.2, 0.25) is 0 Å². The molecule has 2 N–H and O–H groups in total. The Kier molecular flexibility index (Phi) is 5.64. The van der Waals surface area contributed by atoms with Crippen LogP contribution in [0.4, 0.5) is 0 Å². The number of thiocarbonyl (C=S) groups is 1. The predicted octanol–water partition coefficient (Wildman–Crippen LogP) is 2.07. The highest BCUT2D eigenvalue weighted by atomic mass is 32.1. The van der Waals surface area contributed by atoms with Crippen LogP contribution in [0.5, 0.6) is 5.75 Å². The van der Waals surface area contributed by atoms with Crippen molar-refractivity contribution in [2.75, 3.05) is 13.2 Å². The first-order valence-electron chi connectivity index (χ1n) is 5.50. The Morgan fingerprint density at radius 1 is 1.25 bits per heavy atom. The molecule has 0 aliphatic rings. The molecule has 1 aromatic rings. The fourth-order valence-electron chi connectivity index (χ4n) is 1.34. The Balaban J connectivity index is 2.55. The molecule has 0 aliphatic heterocycles. The van der Waals surface area contributed by atoms with Crippen molar-refractivity contribution in [2.45, 2.75) is 20.4 Å². The van der Waals surface area contributed by atoms with Gasteiger partial charge in [-0.05, 0) is 32.1 Å².